The van der Waals surface area contributed by atoms with Gasteiger partial charge in [-0.1, -0.05) is 6.07 Å². The van der Waals surface area contributed by atoms with Crippen LogP contribution in [-0.2, 0) is 6.18 Å². The van der Waals surface area contributed by atoms with Gasteiger partial charge in [0, 0.05) is 18.4 Å². The zero-order chi connectivity index (χ0) is 20.6. The van der Waals surface area contributed by atoms with Crippen molar-refractivity contribution in [1.29, 1.82) is 0 Å². The zero-order valence-corrected chi connectivity index (χ0v) is 15.7. The average Bonchev–Trinajstić information content (AvgIpc) is 3.33. The van der Waals surface area contributed by atoms with Gasteiger partial charge in [-0.25, -0.2) is 9.97 Å². The standard InChI is InChI=1S/C20H20F3N3O3/c1-28-19-24-9-13(10-25-19)18(27)26-15-6-5-12(7-15)17(26)11-29-16-4-2-3-14(8-16)20(21,22)23/h2-4,8-10,12,15,17H,5-7,11H2,1H3/t12-,15-,17-/m0/s1. The molecule has 2 heterocycles. The number of carbonyl (C=O) groups is 1. The molecule has 1 aliphatic heterocycles. The molecule has 1 saturated carbocycles. The molecule has 6 nitrogen and oxygen atoms in total. The highest BCUT2D eigenvalue weighted by atomic mass is 19.4. The molecule has 1 amide bonds. The summed E-state index contributed by atoms with van der Waals surface area (Å²) in [6, 6.07) is 4.87. The number of aromatic nitrogens is 2. The van der Waals surface area contributed by atoms with E-state index in [9.17, 15) is 18.0 Å². The van der Waals surface area contributed by atoms with E-state index in [4.69, 9.17) is 9.47 Å². The fourth-order valence-electron chi connectivity index (χ4n) is 4.25. The number of halogens is 3. The first-order chi connectivity index (χ1) is 13.9. The summed E-state index contributed by atoms with van der Waals surface area (Å²) >= 11 is 0. The van der Waals surface area contributed by atoms with Gasteiger partial charge >= 0.3 is 12.2 Å². The molecule has 2 bridgehead atoms. The van der Waals surface area contributed by atoms with Crippen LogP contribution in [0, 0.1) is 5.92 Å². The monoisotopic (exact) mass is 407 g/mol. The van der Waals surface area contributed by atoms with E-state index in [1.165, 1.54) is 31.6 Å². The van der Waals surface area contributed by atoms with Gasteiger partial charge in [0.05, 0.1) is 24.3 Å². The fourth-order valence-corrected chi connectivity index (χ4v) is 4.25. The third-order valence-electron chi connectivity index (χ3n) is 5.61. The highest BCUT2D eigenvalue weighted by Crippen LogP contribution is 2.43. The first-order valence-corrected chi connectivity index (χ1v) is 9.35. The van der Waals surface area contributed by atoms with Crippen LogP contribution >= 0.6 is 0 Å². The second-order valence-electron chi connectivity index (χ2n) is 7.30. The Morgan fingerprint density at radius 2 is 2.00 bits per heavy atom. The van der Waals surface area contributed by atoms with Gasteiger partial charge in [0.15, 0.2) is 0 Å². The number of hydrogen-bond donors (Lipinski definition) is 0. The van der Waals surface area contributed by atoms with Gasteiger partial charge in [-0.2, -0.15) is 13.2 Å². The Morgan fingerprint density at radius 1 is 1.24 bits per heavy atom. The SMILES string of the molecule is COc1ncc(C(=O)N2[C@H]3CC[C@@H](C3)[C@@H]2COc2cccc(C(F)(F)F)c2)cn1. The van der Waals surface area contributed by atoms with E-state index in [0.717, 1.165) is 31.4 Å². The highest BCUT2D eigenvalue weighted by Gasteiger charge is 2.48. The van der Waals surface area contributed by atoms with Crippen molar-refractivity contribution in [2.24, 2.45) is 5.92 Å². The van der Waals surface area contributed by atoms with E-state index in [2.05, 4.69) is 9.97 Å². The van der Waals surface area contributed by atoms with Crippen molar-refractivity contribution in [1.82, 2.24) is 14.9 Å². The van der Waals surface area contributed by atoms with E-state index in [1.54, 1.807) is 4.90 Å². The van der Waals surface area contributed by atoms with E-state index in [1.807, 2.05) is 0 Å². The minimum absolute atomic E-state index is 0.102. The summed E-state index contributed by atoms with van der Waals surface area (Å²) in [6.45, 7) is 0.144. The molecule has 2 fully saturated rings. The first kappa shape index (κ1) is 19.5. The van der Waals surface area contributed by atoms with Crippen LogP contribution in [0.25, 0.3) is 0 Å². The van der Waals surface area contributed by atoms with Crippen molar-refractivity contribution in [3.8, 4) is 11.8 Å². The summed E-state index contributed by atoms with van der Waals surface area (Å²) in [5.74, 6) is 0.217. The number of amides is 1. The Morgan fingerprint density at radius 3 is 2.69 bits per heavy atom. The lowest BCUT2D eigenvalue weighted by Crippen LogP contribution is -2.47. The largest absolute Gasteiger partial charge is 0.491 e. The van der Waals surface area contributed by atoms with Crippen molar-refractivity contribution in [2.45, 2.75) is 37.5 Å². The Balaban J connectivity index is 1.49. The minimum Gasteiger partial charge on any atom is -0.491 e. The number of benzene rings is 1. The fraction of sp³-hybridized carbons (Fsp3) is 0.450. The molecule has 3 atom stereocenters. The molecule has 0 N–H and O–H groups in total. The molecule has 154 valence electrons. The van der Waals surface area contributed by atoms with Crippen LogP contribution in [0.2, 0.25) is 0 Å². The van der Waals surface area contributed by atoms with Crippen molar-refractivity contribution in [3.05, 3.63) is 47.8 Å². The lowest BCUT2D eigenvalue weighted by atomic mass is 9.99. The summed E-state index contributed by atoms with van der Waals surface area (Å²) in [6.07, 6.45) is 1.18. The summed E-state index contributed by atoms with van der Waals surface area (Å²) in [5, 5.41) is 0. The van der Waals surface area contributed by atoms with Crippen LogP contribution in [0.5, 0.6) is 11.8 Å². The van der Waals surface area contributed by atoms with E-state index < -0.39 is 11.7 Å². The molecule has 1 saturated heterocycles. The van der Waals surface area contributed by atoms with Gasteiger partial charge in [0.25, 0.3) is 5.91 Å². The first-order valence-electron chi connectivity index (χ1n) is 9.35. The number of likely N-dealkylation sites (tertiary alicyclic amines) is 1. The van der Waals surface area contributed by atoms with Crippen LogP contribution in [-0.4, -0.2) is 46.6 Å². The lowest BCUT2D eigenvalue weighted by Gasteiger charge is -2.35. The topological polar surface area (TPSA) is 64.5 Å². The number of methoxy groups -OCH3 is 1. The number of alkyl halides is 3. The third-order valence-corrected chi connectivity index (χ3v) is 5.61. The van der Waals surface area contributed by atoms with E-state index in [0.29, 0.717) is 5.56 Å². The number of hydrogen-bond acceptors (Lipinski definition) is 5. The van der Waals surface area contributed by atoms with Gasteiger partial charge < -0.3 is 14.4 Å². The van der Waals surface area contributed by atoms with Crippen LogP contribution in [0.4, 0.5) is 13.2 Å². The maximum atomic E-state index is 13.0. The molecule has 4 rings (SSSR count). The van der Waals surface area contributed by atoms with Gasteiger partial charge in [-0.05, 0) is 43.4 Å². The molecule has 2 aliphatic rings. The summed E-state index contributed by atoms with van der Waals surface area (Å²) in [4.78, 5) is 22.8. The Kier molecular flexibility index (Phi) is 5.06. The van der Waals surface area contributed by atoms with Gasteiger partial charge in [0.2, 0.25) is 0 Å². The molecule has 1 aromatic heterocycles. The average molecular weight is 407 g/mol. The van der Waals surface area contributed by atoms with E-state index >= 15 is 0 Å². The second kappa shape index (κ2) is 7.53. The second-order valence-corrected chi connectivity index (χ2v) is 7.30. The van der Waals surface area contributed by atoms with Crippen molar-refractivity contribution in [2.75, 3.05) is 13.7 Å². The highest BCUT2D eigenvalue weighted by molar-refractivity contribution is 5.94. The van der Waals surface area contributed by atoms with Crippen LogP contribution < -0.4 is 9.47 Å². The maximum absolute atomic E-state index is 13.0. The summed E-state index contributed by atoms with van der Waals surface area (Å²) in [5.41, 5.74) is -0.409. The molecule has 29 heavy (non-hydrogen) atoms. The summed E-state index contributed by atoms with van der Waals surface area (Å²) in [7, 11) is 1.44. The minimum atomic E-state index is -4.43. The quantitative estimate of drug-likeness (QED) is 0.758. The number of fused-ring (bicyclic) bond motifs is 2. The third kappa shape index (κ3) is 3.86. The zero-order valence-electron chi connectivity index (χ0n) is 15.7. The Bertz CT molecular complexity index is 889. The summed E-state index contributed by atoms with van der Waals surface area (Å²) < 4.78 is 49.3. The molecule has 9 heteroatoms. The predicted molar refractivity (Wildman–Crippen MR) is 96.6 cm³/mol. The van der Waals surface area contributed by atoms with Gasteiger partial charge in [-0.3, -0.25) is 4.79 Å². The van der Waals surface area contributed by atoms with Crippen LogP contribution in [0.1, 0.15) is 35.2 Å². The maximum Gasteiger partial charge on any atom is 0.416 e. The van der Waals surface area contributed by atoms with Crippen molar-refractivity contribution < 1.29 is 27.4 Å². The molecule has 1 aromatic carbocycles. The van der Waals surface area contributed by atoms with Crippen LogP contribution in [0.3, 0.4) is 0 Å². The number of rotatable bonds is 5. The smallest absolute Gasteiger partial charge is 0.416 e. The molecule has 0 unspecified atom stereocenters. The molecule has 1 aliphatic carbocycles. The van der Waals surface area contributed by atoms with Crippen LogP contribution in [0.15, 0.2) is 36.7 Å². The molecule has 2 aromatic rings. The number of piperidine rings is 1. The normalized spacial score (nSPS) is 23.3. The molecular weight excluding hydrogens is 387 g/mol. The molecule has 0 radical (unpaired) electrons. The van der Waals surface area contributed by atoms with Crippen molar-refractivity contribution in [3.63, 3.8) is 0 Å². The van der Waals surface area contributed by atoms with E-state index in [-0.39, 0.29) is 42.3 Å². The number of carbonyl (C=O) groups excluding carboxylic acids is 1. The van der Waals surface area contributed by atoms with Gasteiger partial charge in [0.1, 0.15) is 12.4 Å². The Labute approximate surface area is 165 Å². The predicted octanol–water partition coefficient (Wildman–Crippen LogP) is 3.58. The molecular formula is C20H20F3N3O3. The number of nitrogens with zero attached hydrogens (tertiary/aromatic N) is 3. The molecule has 0 spiro atoms. The Hall–Kier alpha value is -2.84. The number of ether oxygens (including phenoxy) is 2. The van der Waals surface area contributed by atoms with Gasteiger partial charge in [-0.15, -0.1) is 0 Å². The lowest BCUT2D eigenvalue weighted by molar-refractivity contribution is -0.137. The van der Waals surface area contributed by atoms with Crippen molar-refractivity contribution >= 4 is 5.91 Å².